The maximum atomic E-state index is 10.4. The summed E-state index contributed by atoms with van der Waals surface area (Å²) in [5, 5.41) is 0. The summed E-state index contributed by atoms with van der Waals surface area (Å²) in [6.07, 6.45) is 1.61. The van der Waals surface area contributed by atoms with E-state index in [9.17, 15) is 4.79 Å². The van der Waals surface area contributed by atoms with Crippen LogP contribution in [0.1, 0.15) is 0 Å². The molecule has 0 aliphatic rings. The standard InChI is InChI=1S/C4H4N2OTe/c7-3-1-2-5-4(8)6-3/h1-2H,(H2,5,6,7,8). The van der Waals surface area contributed by atoms with Gasteiger partial charge < -0.3 is 0 Å². The molecule has 0 saturated carbocycles. The van der Waals surface area contributed by atoms with Gasteiger partial charge in [0.1, 0.15) is 0 Å². The van der Waals surface area contributed by atoms with Crippen LogP contribution >= 0.6 is 0 Å². The molecule has 0 fully saturated rings. The number of hydrogen-bond donors (Lipinski definition) is 2. The first-order chi connectivity index (χ1) is 3.79. The molecule has 4 heteroatoms. The average molecular weight is 224 g/mol. The average Bonchev–Trinajstić information content (AvgIpc) is 1.64. The van der Waals surface area contributed by atoms with Gasteiger partial charge in [-0.2, -0.15) is 0 Å². The number of H-pyrrole nitrogens is 2. The molecule has 0 spiro atoms. The van der Waals surface area contributed by atoms with Crippen LogP contribution in [0.3, 0.4) is 0 Å². The van der Waals surface area contributed by atoms with Crippen LogP contribution < -0.4 is 5.56 Å². The zero-order valence-corrected chi connectivity index (χ0v) is 6.30. The Hall–Kier alpha value is -0.330. The fraction of sp³-hybridized carbons (Fsp3) is 0. The van der Waals surface area contributed by atoms with Gasteiger partial charge in [0, 0.05) is 0 Å². The van der Waals surface area contributed by atoms with Gasteiger partial charge in [0.15, 0.2) is 0 Å². The van der Waals surface area contributed by atoms with Gasteiger partial charge >= 0.3 is 57.9 Å². The summed E-state index contributed by atoms with van der Waals surface area (Å²) in [5.74, 6) is 0. The Kier molecular flexibility index (Phi) is 1.66. The summed E-state index contributed by atoms with van der Waals surface area (Å²) >= 11 is 1.73. The van der Waals surface area contributed by atoms with Crippen LogP contribution in [0.4, 0.5) is 0 Å². The molecular weight excluding hydrogens is 220 g/mol. The predicted molar refractivity (Wildman–Crippen MR) is 30.4 cm³/mol. The molecule has 1 aromatic heterocycles. The SMILES string of the molecule is O=c1cc[nH]c(=[Te])[nH]1. The molecule has 0 amide bonds. The summed E-state index contributed by atoms with van der Waals surface area (Å²) in [5.41, 5.74) is -0.0658. The van der Waals surface area contributed by atoms with E-state index in [2.05, 4.69) is 9.97 Å². The van der Waals surface area contributed by atoms with E-state index in [1.807, 2.05) is 0 Å². The van der Waals surface area contributed by atoms with Crippen LogP contribution in [0.25, 0.3) is 0 Å². The van der Waals surface area contributed by atoms with Crippen molar-refractivity contribution in [2.75, 3.05) is 0 Å². The van der Waals surface area contributed by atoms with Crippen LogP contribution in [0, 0.1) is 3.46 Å². The van der Waals surface area contributed by atoms with Crippen molar-refractivity contribution < 1.29 is 0 Å². The molecule has 8 heavy (non-hydrogen) atoms. The van der Waals surface area contributed by atoms with Crippen molar-refractivity contribution in [1.82, 2.24) is 9.97 Å². The third-order valence-corrected chi connectivity index (χ3v) is 1.31. The molecule has 2 N–H and O–H groups in total. The van der Waals surface area contributed by atoms with E-state index in [0.717, 1.165) is 3.46 Å². The molecule has 1 rings (SSSR count). The number of aromatic amines is 2. The molecule has 1 heterocycles. The van der Waals surface area contributed by atoms with Crippen LogP contribution in [-0.2, 0) is 0 Å². The second kappa shape index (κ2) is 2.29. The predicted octanol–water partition coefficient (Wildman–Crippen LogP) is -0.597. The Bertz CT molecular complexity index is 248. The Morgan fingerprint density at radius 2 is 2.38 bits per heavy atom. The minimum absolute atomic E-state index is 0.0658. The topological polar surface area (TPSA) is 48.6 Å². The molecule has 3 nitrogen and oxygen atoms in total. The Morgan fingerprint density at radius 1 is 1.62 bits per heavy atom. The summed E-state index contributed by atoms with van der Waals surface area (Å²) in [6, 6.07) is 1.44. The number of nitrogens with one attached hydrogen (secondary N) is 2. The van der Waals surface area contributed by atoms with E-state index in [4.69, 9.17) is 0 Å². The number of aromatic nitrogens is 2. The van der Waals surface area contributed by atoms with E-state index in [1.165, 1.54) is 6.07 Å². The third kappa shape index (κ3) is 1.32. The van der Waals surface area contributed by atoms with Crippen LogP contribution in [0.5, 0.6) is 0 Å². The molecule has 0 aliphatic carbocycles. The number of hydrogen-bond acceptors (Lipinski definition) is 1. The van der Waals surface area contributed by atoms with Crippen LogP contribution in [-0.4, -0.2) is 31.8 Å². The second-order valence-corrected chi connectivity index (χ2v) is 2.46. The monoisotopic (exact) mass is 226 g/mol. The second-order valence-electron chi connectivity index (χ2n) is 1.30. The van der Waals surface area contributed by atoms with Crippen molar-refractivity contribution in [1.29, 1.82) is 0 Å². The van der Waals surface area contributed by atoms with Crippen molar-refractivity contribution >= 4 is 21.8 Å². The zero-order chi connectivity index (χ0) is 5.98. The molecular formula is C4H4N2OTe. The first-order valence-electron chi connectivity index (χ1n) is 2.07. The summed E-state index contributed by atoms with van der Waals surface area (Å²) in [6.45, 7) is 0. The van der Waals surface area contributed by atoms with E-state index < -0.39 is 0 Å². The molecule has 0 saturated heterocycles. The molecule has 0 unspecified atom stereocenters. The zero-order valence-electron chi connectivity index (χ0n) is 3.97. The van der Waals surface area contributed by atoms with Gasteiger partial charge in [0.25, 0.3) is 0 Å². The first kappa shape index (κ1) is 5.80. The van der Waals surface area contributed by atoms with Crippen molar-refractivity contribution in [2.24, 2.45) is 0 Å². The fourth-order valence-electron chi connectivity index (χ4n) is 0.383. The van der Waals surface area contributed by atoms with Crippen molar-refractivity contribution in [3.05, 3.63) is 26.1 Å². The van der Waals surface area contributed by atoms with Gasteiger partial charge in [0.05, 0.1) is 0 Å². The Balaban J connectivity index is 3.50. The van der Waals surface area contributed by atoms with E-state index in [0.29, 0.717) is 0 Å². The third-order valence-electron chi connectivity index (χ3n) is 0.686. The molecule has 0 atom stereocenters. The molecule has 0 bridgehead atoms. The van der Waals surface area contributed by atoms with Crippen LogP contribution in [0.2, 0.25) is 0 Å². The quantitative estimate of drug-likeness (QED) is 0.568. The van der Waals surface area contributed by atoms with Crippen LogP contribution in [0.15, 0.2) is 17.1 Å². The molecule has 1 aromatic rings. The summed E-state index contributed by atoms with van der Waals surface area (Å²) < 4.78 is 0.785. The Labute approximate surface area is 58.2 Å². The van der Waals surface area contributed by atoms with Crippen molar-refractivity contribution in [3.8, 4) is 0 Å². The van der Waals surface area contributed by atoms with Gasteiger partial charge in [-0.25, -0.2) is 0 Å². The first-order valence-corrected chi connectivity index (χ1v) is 3.23. The van der Waals surface area contributed by atoms with Gasteiger partial charge in [-0.15, -0.1) is 0 Å². The fourth-order valence-corrected chi connectivity index (χ4v) is 0.864. The van der Waals surface area contributed by atoms with Gasteiger partial charge in [-0.3, -0.25) is 0 Å². The number of rotatable bonds is 0. The van der Waals surface area contributed by atoms with Gasteiger partial charge in [-0.1, -0.05) is 0 Å². The van der Waals surface area contributed by atoms with Gasteiger partial charge in [-0.05, 0) is 0 Å². The molecule has 0 aliphatic heterocycles. The normalized spacial score (nSPS) is 9.00. The van der Waals surface area contributed by atoms with Crippen molar-refractivity contribution in [3.63, 3.8) is 0 Å². The summed E-state index contributed by atoms with van der Waals surface area (Å²) in [7, 11) is 0. The molecule has 42 valence electrons. The molecule has 0 radical (unpaired) electrons. The summed E-state index contributed by atoms with van der Waals surface area (Å²) in [4.78, 5) is 15.8. The Morgan fingerprint density at radius 3 is 2.75 bits per heavy atom. The molecule has 0 aromatic carbocycles. The maximum absolute atomic E-state index is 10.4. The van der Waals surface area contributed by atoms with Gasteiger partial charge in [0.2, 0.25) is 0 Å². The van der Waals surface area contributed by atoms with E-state index in [1.54, 1.807) is 28.0 Å². The van der Waals surface area contributed by atoms with Crippen molar-refractivity contribution in [2.45, 2.75) is 0 Å². The minimum atomic E-state index is -0.0658. The van der Waals surface area contributed by atoms with E-state index >= 15 is 0 Å². The van der Waals surface area contributed by atoms with E-state index in [-0.39, 0.29) is 5.56 Å².